The van der Waals surface area contributed by atoms with E-state index in [1.165, 1.54) is 4.90 Å². The Morgan fingerprint density at radius 2 is 2.11 bits per heavy atom. The van der Waals surface area contributed by atoms with Crippen LogP contribution in [-0.2, 0) is 16.0 Å². The second-order valence-electron chi connectivity index (χ2n) is 4.10. The van der Waals surface area contributed by atoms with Crippen molar-refractivity contribution in [1.82, 2.24) is 4.90 Å². The van der Waals surface area contributed by atoms with Crippen LogP contribution >= 0.6 is 15.9 Å². The van der Waals surface area contributed by atoms with E-state index in [2.05, 4.69) is 15.9 Å². The summed E-state index contributed by atoms with van der Waals surface area (Å²) in [7, 11) is 3.20. The Balaban J connectivity index is 2.54. The summed E-state index contributed by atoms with van der Waals surface area (Å²) in [6.07, 6.45) is 0.188. The van der Waals surface area contributed by atoms with Crippen LogP contribution in [0.2, 0.25) is 0 Å². The molecule has 1 aromatic carbocycles. The Morgan fingerprint density at radius 1 is 1.42 bits per heavy atom. The highest BCUT2D eigenvalue weighted by Gasteiger charge is 2.12. The second kappa shape index (κ2) is 7.13. The zero-order valence-corrected chi connectivity index (χ0v) is 12.4. The molecule has 0 radical (unpaired) electrons. The molecule has 0 aliphatic carbocycles. The quantitative estimate of drug-likeness (QED) is 0.810. The smallest absolute Gasteiger partial charge is 0.312 e. The average molecular weight is 330 g/mol. The summed E-state index contributed by atoms with van der Waals surface area (Å²) in [5.74, 6) is -0.747. The maximum absolute atomic E-state index is 11.5. The molecule has 19 heavy (non-hydrogen) atoms. The minimum atomic E-state index is -1.11. The lowest BCUT2D eigenvalue weighted by molar-refractivity contribution is -0.143. The largest absolute Gasteiger partial charge is 0.496 e. The van der Waals surface area contributed by atoms with Crippen LogP contribution in [0.25, 0.3) is 0 Å². The average Bonchev–Trinajstić information content (AvgIpc) is 2.35. The van der Waals surface area contributed by atoms with Crippen molar-refractivity contribution in [3.8, 4) is 5.75 Å². The SMILES string of the molecule is COc1ccc(CCN(C)C(=O)CC(=O)O)cc1Br. The number of amides is 1. The van der Waals surface area contributed by atoms with Crippen LogP contribution in [0.15, 0.2) is 22.7 Å². The van der Waals surface area contributed by atoms with Crippen molar-refractivity contribution in [1.29, 1.82) is 0 Å². The minimum absolute atomic E-state index is 0.389. The van der Waals surface area contributed by atoms with Gasteiger partial charge in [-0.25, -0.2) is 0 Å². The summed E-state index contributed by atoms with van der Waals surface area (Å²) in [5, 5.41) is 8.54. The van der Waals surface area contributed by atoms with Gasteiger partial charge in [0.1, 0.15) is 12.2 Å². The van der Waals surface area contributed by atoms with Crippen molar-refractivity contribution in [2.75, 3.05) is 20.7 Å². The van der Waals surface area contributed by atoms with E-state index in [-0.39, 0.29) is 5.91 Å². The van der Waals surface area contributed by atoms with Gasteiger partial charge >= 0.3 is 5.97 Å². The van der Waals surface area contributed by atoms with Gasteiger partial charge in [-0.1, -0.05) is 6.07 Å². The Bertz CT molecular complexity index is 476. The molecule has 0 fully saturated rings. The predicted octanol–water partition coefficient (Wildman–Crippen LogP) is 1.93. The summed E-state index contributed by atoms with van der Waals surface area (Å²) in [4.78, 5) is 23.3. The molecule has 0 aliphatic heterocycles. The molecule has 0 saturated heterocycles. The molecular weight excluding hydrogens is 314 g/mol. The van der Waals surface area contributed by atoms with Crippen molar-refractivity contribution < 1.29 is 19.4 Å². The zero-order chi connectivity index (χ0) is 14.4. The molecular formula is C13H16BrNO4. The molecule has 0 aromatic heterocycles. The van der Waals surface area contributed by atoms with Crippen LogP contribution in [-0.4, -0.2) is 42.6 Å². The number of benzene rings is 1. The molecule has 0 saturated carbocycles. The van der Waals surface area contributed by atoms with Gasteiger partial charge in [0.2, 0.25) is 5.91 Å². The third-order valence-corrected chi connectivity index (χ3v) is 3.30. The monoisotopic (exact) mass is 329 g/mol. The highest BCUT2D eigenvalue weighted by molar-refractivity contribution is 9.10. The number of ether oxygens (including phenoxy) is 1. The van der Waals surface area contributed by atoms with Gasteiger partial charge in [0, 0.05) is 13.6 Å². The Hall–Kier alpha value is -1.56. The molecule has 0 heterocycles. The second-order valence-corrected chi connectivity index (χ2v) is 4.96. The molecule has 0 aliphatic rings. The van der Waals surface area contributed by atoms with Gasteiger partial charge in [-0.15, -0.1) is 0 Å². The number of halogens is 1. The molecule has 0 atom stereocenters. The van der Waals surface area contributed by atoms with Gasteiger partial charge in [-0.2, -0.15) is 0 Å². The number of carbonyl (C=O) groups is 2. The van der Waals surface area contributed by atoms with E-state index < -0.39 is 12.4 Å². The first-order chi connectivity index (χ1) is 8.93. The molecule has 104 valence electrons. The normalized spacial score (nSPS) is 10.1. The van der Waals surface area contributed by atoms with Crippen molar-refractivity contribution >= 4 is 27.8 Å². The lowest BCUT2D eigenvalue weighted by atomic mass is 10.1. The first-order valence-electron chi connectivity index (χ1n) is 5.72. The van der Waals surface area contributed by atoms with Gasteiger partial charge in [0.25, 0.3) is 0 Å². The van der Waals surface area contributed by atoms with Crippen LogP contribution in [0.5, 0.6) is 5.75 Å². The number of hydrogen-bond acceptors (Lipinski definition) is 3. The van der Waals surface area contributed by atoms with E-state index in [0.717, 1.165) is 15.8 Å². The van der Waals surface area contributed by atoms with E-state index >= 15 is 0 Å². The van der Waals surface area contributed by atoms with Crippen LogP contribution in [0.1, 0.15) is 12.0 Å². The number of carboxylic acid groups (broad SMARTS) is 1. The van der Waals surface area contributed by atoms with Gasteiger partial charge < -0.3 is 14.7 Å². The molecule has 5 nitrogen and oxygen atoms in total. The summed E-state index contributed by atoms with van der Waals surface area (Å²) in [6.45, 7) is 0.477. The van der Waals surface area contributed by atoms with E-state index in [1.54, 1.807) is 14.2 Å². The maximum Gasteiger partial charge on any atom is 0.312 e. The van der Waals surface area contributed by atoms with Crippen molar-refractivity contribution in [2.45, 2.75) is 12.8 Å². The van der Waals surface area contributed by atoms with Crippen molar-refractivity contribution in [2.24, 2.45) is 0 Å². The third kappa shape index (κ3) is 4.90. The lowest BCUT2D eigenvalue weighted by Crippen LogP contribution is -2.30. The minimum Gasteiger partial charge on any atom is -0.496 e. The molecule has 6 heteroatoms. The zero-order valence-electron chi connectivity index (χ0n) is 10.9. The number of likely N-dealkylation sites (N-methyl/N-ethyl adjacent to an activating group) is 1. The van der Waals surface area contributed by atoms with Gasteiger partial charge in [0.15, 0.2) is 0 Å². The fourth-order valence-corrected chi connectivity index (χ4v) is 2.14. The fourth-order valence-electron chi connectivity index (χ4n) is 1.55. The summed E-state index contributed by atoms with van der Waals surface area (Å²) < 4.78 is 5.98. The standard InChI is InChI=1S/C13H16BrNO4/c1-15(12(16)8-13(17)18)6-5-9-3-4-11(19-2)10(14)7-9/h3-4,7H,5-6,8H2,1-2H3,(H,17,18). The number of methoxy groups -OCH3 is 1. The highest BCUT2D eigenvalue weighted by Crippen LogP contribution is 2.25. The third-order valence-electron chi connectivity index (χ3n) is 2.68. The number of carbonyl (C=O) groups excluding carboxylic acids is 1. The van der Waals surface area contributed by atoms with Crippen LogP contribution in [0.4, 0.5) is 0 Å². The number of rotatable bonds is 6. The van der Waals surface area contributed by atoms with Gasteiger partial charge in [-0.3, -0.25) is 9.59 Å². The van der Waals surface area contributed by atoms with E-state index in [4.69, 9.17) is 9.84 Å². The Labute approximate surface area is 120 Å². The summed E-state index contributed by atoms with van der Waals surface area (Å²) >= 11 is 3.39. The van der Waals surface area contributed by atoms with Crippen molar-refractivity contribution in [3.05, 3.63) is 28.2 Å². The van der Waals surface area contributed by atoms with Crippen LogP contribution in [0.3, 0.4) is 0 Å². The molecule has 0 bridgehead atoms. The van der Waals surface area contributed by atoms with Gasteiger partial charge in [0.05, 0.1) is 11.6 Å². The number of carboxylic acids is 1. The van der Waals surface area contributed by atoms with E-state index in [9.17, 15) is 9.59 Å². The molecule has 0 unspecified atom stereocenters. The van der Waals surface area contributed by atoms with Crippen LogP contribution in [0, 0.1) is 0 Å². The van der Waals surface area contributed by atoms with E-state index in [1.807, 2.05) is 18.2 Å². The fraction of sp³-hybridized carbons (Fsp3) is 0.385. The Kier molecular flexibility index (Phi) is 5.82. The maximum atomic E-state index is 11.5. The topological polar surface area (TPSA) is 66.8 Å². The number of aliphatic carboxylic acids is 1. The molecule has 1 N–H and O–H groups in total. The first-order valence-corrected chi connectivity index (χ1v) is 6.51. The molecule has 1 amide bonds. The van der Waals surface area contributed by atoms with Crippen molar-refractivity contribution in [3.63, 3.8) is 0 Å². The first kappa shape index (κ1) is 15.5. The molecule has 0 spiro atoms. The van der Waals surface area contributed by atoms with Crippen LogP contribution < -0.4 is 4.74 Å². The Morgan fingerprint density at radius 3 is 2.63 bits per heavy atom. The molecule has 1 rings (SSSR count). The van der Waals surface area contributed by atoms with Gasteiger partial charge in [-0.05, 0) is 40.0 Å². The predicted molar refractivity (Wildman–Crippen MR) is 74.3 cm³/mol. The summed E-state index contributed by atoms with van der Waals surface area (Å²) in [5.41, 5.74) is 1.04. The molecule has 1 aromatic rings. The summed E-state index contributed by atoms with van der Waals surface area (Å²) in [6, 6.07) is 5.69. The highest BCUT2D eigenvalue weighted by atomic mass is 79.9. The number of hydrogen-bond donors (Lipinski definition) is 1. The lowest BCUT2D eigenvalue weighted by Gasteiger charge is -2.16. The number of nitrogens with zero attached hydrogens (tertiary/aromatic N) is 1. The van der Waals surface area contributed by atoms with E-state index in [0.29, 0.717) is 13.0 Å².